The van der Waals surface area contributed by atoms with Gasteiger partial charge in [0, 0.05) is 12.5 Å². The van der Waals surface area contributed by atoms with E-state index in [0.29, 0.717) is 48.4 Å². The second-order valence-electron chi connectivity index (χ2n) is 7.62. The molecule has 1 aromatic carbocycles. The van der Waals surface area contributed by atoms with E-state index in [-0.39, 0.29) is 17.4 Å². The molecule has 1 heterocycles. The molecule has 7 nitrogen and oxygen atoms in total. The Morgan fingerprint density at radius 1 is 1.28 bits per heavy atom. The SMILES string of the molecule is CSCC[C@H](NC(=O)C1CCC(Cn2cnc3ccccc3c2=O)CC1)C(=O)O. The van der Waals surface area contributed by atoms with E-state index in [2.05, 4.69) is 10.3 Å². The number of nitrogens with one attached hydrogen (secondary N) is 1. The number of thioether (sulfide) groups is 1. The number of fused-ring (bicyclic) bond motifs is 1. The zero-order valence-corrected chi connectivity index (χ0v) is 17.4. The molecule has 156 valence electrons. The number of hydrogen-bond donors (Lipinski definition) is 2. The number of amides is 1. The molecule has 29 heavy (non-hydrogen) atoms. The molecule has 1 aliphatic rings. The highest BCUT2D eigenvalue weighted by molar-refractivity contribution is 7.98. The molecule has 0 saturated heterocycles. The molecule has 1 atom stereocenters. The number of carbonyl (C=O) groups excluding carboxylic acids is 1. The Bertz CT molecular complexity index is 922. The van der Waals surface area contributed by atoms with Gasteiger partial charge in [-0.1, -0.05) is 12.1 Å². The van der Waals surface area contributed by atoms with E-state index in [0.717, 1.165) is 12.8 Å². The van der Waals surface area contributed by atoms with Gasteiger partial charge in [0.1, 0.15) is 6.04 Å². The first kappa shape index (κ1) is 21.4. The Morgan fingerprint density at radius 3 is 2.69 bits per heavy atom. The Kier molecular flexibility index (Phi) is 7.30. The van der Waals surface area contributed by atoms with Crippen LogP contribution < -0.4 is 10.9 Å². The first-order valence-electron chi connectivity index (χ1n) is 9.96. The number of aliphatic carboxylic acids is 1. The van der Waals surface area contributed by atoms with Crippen molar-refractivity contribution in [3.05, 3.63) is 40.9 Å². The van der Waals surface area contributed by atoms with E-state index in [1.807, 2.05) is 24.5 Å². The van der Waals surface area contributed by atoms with E-state index in [1.165, 1.54) is 0 Å². The number of benzene rings is 1. The lowest BCUT2D eigenvalue weighted by molar-refractivity contribution is -0.142. The summed E-state index contributed by atoms with van der Waals surface area (Å²) in [4.78, 5) is 40.9. The molecule has 0 bridgehead atoms. The predicted octanol–water partition coefficient (Wildman–Crippen LogP) is 2.53. The van der Waals surface area contributed by atoms with Crippen molar-refractivity contribution in [2.45, 2.75) is 44.7 Å². The molecule has 1 aliphatic carbocycles. The Balaban J connectivity index is 1.55. The normalized spacial score (nSPS) is 20.3. The molecule has 8 heteroatoms. The van der Waals surface area contributed by atoms with E-state index >= 15 is 0 Å². The fourth-order valence-electron chi connectivity index (χ4n) is 3.90. The molecular formula is C21H27N3O4S. The molecule has 0 spiro atoms. The van der Waals surface area contributed by atoms with Crippen molar-refractivity contribution in [2.24, 2.45) is 11.8 Å². The van der Waals surface area contributed by atoms with Crippen molar-refractivity contribution in [2.75, 3.05) is 12.0 Å². The topological polar surface area (TPSA) is 101 Å². The maximum Gasteiger partial charge on any atom is 0.326 e. The molecule has 1 amide bonds. The number of hydrogen-bond acceptors (Lipinski definition) is 5. The van der Waals surface area contributed by atoms with Crippen LogP contribution in [-0.2, 0) is 16.1 Å². The molecule has 1 fully saturated rings. The van der Waals surface area contributed by atoms with E-state index in [1.54, 1.807) is 28.7 Å². The monoisotopic (exact) mass is 417 g/mol. The van der Waals surface area contributed by atoms with Gasteiger partial charge in [-0.25, -0.2) is 9.78 Å². The third-order valence-corrected chi connectivity index (χ3v) is 6.27. The summed E-state index contributed by atoms with van der Waals surface area (Å²) in [5.41, 5.74) is 0.664. The molecule has 0 radical (unpaired) electrons. The Hall–Kier alpha value is -2.35. The summed E-state index contributed by atoms with van der Waals surface area (Å²) < 4.78 is 1.66. The second kappa shape index (κ2) is 9.91. The number of aromatic nitrogens is 2. The molecule has 0 unspecified atom stereocenters. The van der Waals surface area contributed by atoms with Gasteiger partial charge in [-0.15, -0.1) is 0 Å². The van der Waals surface area contributed by atoms with Gasteiger partial charge < -0.3 is 10.4 Å². The second-order valence-corrected chi connectivity index (χ2v) is 8.60. The van der Waals surface area contributed by atoms with Gasteiger partial charge in [-0.2, -0.15) is 11.8 Å². The summed E-state index contributed by atoms with van der Waals surface area (Å²) in [5, 5.41) is 12.6. The van der Waals surface area contributed by atoms with Crippen molar-refractivity contribution in [3.63, 3.8) is 0 Å². The zero-order chi connectivity index (χ0) is 20.8. The van der Waals surface area contributed by atoms with Gasteiger partial charge in [0.2, 0.25) is 5.91 Å². The maximum atomic E-state index is 12.6. The van der Waals surface area contributed by atoms with E-state index < -0.39 is 12.0 Å². The van der Waals surface area contributed by atoms with Crippen molar-refractivity contribution >= 4 is 34.5 Å². The minimum Gasteiger partial charge on any atom is -0.480 e. The van der Waals surface area contributed by atoms with E-state index in [4.69, 9.17) is 0 Å². The fourth-order valence-corrected chi connectivity index (χ4v) is 4.38. The molecule has 3 rings (SSSR count). The highest BCUT2D eigenvalue weighted by Gasteiger charge is 2.29. The largest absolute Gasteiger partial charge is 0.480 e. The van der Waals surface area contributed by atoms with Gasteiger partial charge >= 0.3 is 5.97 Å². The lowest BCUT2D eigenvalue weighted by atomic mass is 9.81. The quantitative estimate of drug-likeness (QED) is 0.684. The summed E-state index contributed by atoms with van der Waals surface area (Å²) in [6.45, 7) is 0.594. The Labute approximate surface area is 173 Å². The molecule has 2 N–H and O–H groups in total. The van der Waals surface area contributed by atoms with Crippen LogP contribution in [0.25, 0.3) is 10.9 Å². The van der Waals surface area contributed by atoms with Crippen LogP contribution in [0.3, 0.4) is 0 Å². The summed E-state index contributed by atoms with van der Waals surface area (Å²) in [5.74, 6) is -0.301. The van der Waals surface area contributed by atoms with Gasteiger partial charge in [0.25, 0.3) is 5.56 Å². The smallest absolute Gasteiger partial charge is 0.326 e. The van der Waals surface area contributed by atoms with Gasteiger partial charge in [0.05, 0.1) is 17.2 Å². The van der Waals surface area contributed by atoms with Crippen LogP contribution in [-0.4, -0.2) is 44.6 Å². The fraction of sp³-hybridized carbons (Fsp3) is 0.524. The summed E-state index contributed by atoms with van der Waals surface area (Å²) in [6.07, 6.45) is 7.03. The van der Waals surface area contributed by atoms with Crippen LogP contribution >= 0.6 is 11.8 Å². The first-order valence-corrected chi connectivity index (χ1v) is 11.3. The van der Waals surface area contributed by atoms with Crippen molar-refractivity contribution < 1.29 is 14.7 Å². The molecule has 1 aromatic heterocycles. The molecule has 0 aliphatic heterocycles. The Morgan fingerprint density at radius 2 is 2.00 bits per heavy atom. The van der Waals surface area contributed by atoms with E-state index in [9.17, 15) is 19.5 Å². The molecule has 1 saturated carbocycles. The lowest BCUT2D eigenvalue weighted by Crippen LogP contribution is -2.44. The van der Waals surface area contributed by atoms with Crippen LogP contribution in [0.1, 0.15) is 32.1 Å². The summed E-state index contributed by atoms with van der Waals surface area (Å²) in [7, 11) is 0. The molecule has 2 aromatic rings. The number of carbonyl (C=O) groups is 2. The number of para-hydroxylation sites is 1. The number of nitrogens with zero attached hydrogens (tertiary/aromatic N) is 2. The van der Waals surface area contributed by atoms with Crippen molar-refractivity contribution in [1.82, 2.24) is 14.9 Å². The average Bonchev–Trinajstić information content (AvgIpc) is 2.73. The van der Waals surface area contributed by atoms with Crippen molar-refractivity contribution in [1.29, 1.82) is 0 Å². The summed E-state index contributed by atoms with van der Waals surface area (Å²) in [6, 6.07) is 6.49. The summed E-state index contributed by atoms with van der Waals surface area (Å²) >= 11 is 1.57. The van der Waals surface area contributed by atoms with Crippen LogP contribution in [0.2, 0.25) is 0 Å². The lowest BCUT2D eigenvalue weighted by Gasteiger charge is -2.29. The third kappa shape index (κ3) is 5.38. The zero-order valence-electron chi connectivity index (χ0n) is 16.5. The van der Waals surface area contributed by atoms with Gasteiger partial charge in [-0.05, 0) is 62.2 Å². The predicted molar refractivity (Wildman–Crippen MR) is 114 cm³/mol. The minimum atomic E-state index is -0.982. The van der Waals surface area contributed by atoms with Crippen LogP contribution in [0.5, 0.6) is 0 Å². The number of rotatable bonds is 8. The van der Waals surface area contributed by atoms with Crippen molar-refractivity contribution in [3.8, 4) is 0 Å². The van der Waals surface area contributed by atoms with Crippen LogP contribution in [0.4, 0.5) is 0 Å². The standard InChI is InChI=1S/C21H27N3O4S/c1-29-11-10-18(21(27)28)23-19(25)15-8-6-14(7-9-15)12-24-13-22-17-5-3-2-4-16(17)20(24)26/h2-5,13-15,18H,6-12H2,1H3,(H,23,25)(H,27,28)/t14?,15?,18-/m0/s1. The highest BCUT2D eigenvalue weighted by atomic mass is 32.2. The number of carboxylic acid groups (broad SMARTS) is 1. The third-order valence-electron chi connectivity index (χ3n) is 5.63. The minimum absolute atomic E-state index is 0.0337. The molecular weight excluding hydrogens is 390 g/mol. The highest BCUT2D eigenvalue weighted by Crippen LogP contribution is 2.30. The van der Waals surface area contributed by atoms with Crippen LogP contribution in [0, 0.1) is 11.8 Å². The number of carboxylic acids is 1. The maximum absolute atomic E-state index is 12.6. The average molecular weight is 418 g/mol. The van der Waals surface area contributed by atoms with Crippen LogP contribution in [0.15, 0.2) is 35.4 Å². The van der Waals surface area contributed by atoms with Gasteiger partial charge in [-0.3, -0.25) is 14.2 Å². The van der Waals surface area contributed by atoms with Gasteiger partial charge in [0.15, 0.2) is 0 Å². The first-order chi connectivity index (χ1) is 14.0.